The molecule has 2 aromatic rings. The molecule has 2 heterocycles. The zero-order valence-corrected chi connectivity index (χ0v) is 16.5. The van der Waals surface area contributed by atoms with Crippen LogP contribution in [0.5, 0.6) is 5.75 Å². The van der Waals surface area contributed by atoms with Crippen LogP contribution in [-0.4, -0.2) is 50.9 Å². The summed E-state index contributed by atoms with van der Waals surface area (Å²) in [5, 5.41) is 30.3. The topological polar surface area (TPSA) is 106 Å². The van der Waals surface area contributed by atoms with E-state index in [0.717, 1.165) is 24.4 Å². The van der Waals surface area contributed by atoms with E-state index in [1.807, 2.05) is 0 Å². The number of aliphatic hydroxyl groups excluding tert-OH is 2. The normalized spacial score (nSPS) is 17.2. The van der Waals surface area contributed by atoms with E-state index in [9.17, 15) is 32.6 Å². The average Bonchev–Trinajstić information content (AvgIpc) is 2.72. The lowest BCUT2D eigenvalue weighted by Crippen LogP contribution is -2.45. The number of hydrogen-bond donors (Lipinski definition) is 4. The van der Waals surface area contributed by atoms with Crippen LogP contribution in [0, 0.1) is 5.82 Å². The molecule has 1 atom stereocenters. The Bertz CT molecular complexity index is 994. The Morgan fingerprint density at radius 1 is 1.25 bits per heavy atom. The van der Waals surface area contributed by atoms with Gasteiger partial charge in [-0.15, -0.1) is 0 Å². The van der Waals surface area contributed by atoms with Crippen LogP contribution in [0.15, 0.2) is 30.5 Å². The standard InChI is InChI=1S/C20H20F5N3O4/c21-14-7-11(16(31)10-29)9-26-17(14)19(22)3-5-28(6-4-19)18(32)27-12-1-2-13(15(30)8-12)20(23,24)25/h1-2,7-9,16,29-31H,3-6,10H2,(H,27,32)/t16-/m1/s1. The van der Waals surface area contributed by atoms with Crippen LogP contribution in [0.2, 0.25) is 0 Å². The van der Waals surface area contributed by atoms with Crippen molar-refractivity contribution < 1.29 is 42.1 Å². The summed E-state index contributed by atoms with van der Waals surface area (Å²) in [4.78, 5) is 17.3. The second-order valence-electron chi connectivity index (χ2n) is 7.41. The number of urea groups is 1. The van der Waals surface area contributed by atoms with Crippen LogP contribution in [0.1, 0.15) is 35.8 Å². The number of carbonyl (C=O) groups is 1. The summed E-state index contributed by atoms with van der Waals surface area (Å²) < 4.78 is 67.8. The predicted octanol–water partition coefficient (Wildman–Crippen LogP) is 3.46. The predicted molar refractivity (Wildman–Crippen MR) is 102 cm³/mol. The van der Waals surface area contributed by atoms with Crippen molar-refractivity contribution >= 4 is 11.7 Å². The van der Waals surface area contributed by atoms with Crippen LogP contribution in [0.25, 0.3) is 0 Å². The number of halogens is 5. The fraction of sp³-hybridized carbons (Fsp3) is 0.400. The molecule has 174 valence electrons. The number of anilines is 1. The molecule has 1 aliphatic rings. The van der Waals surface area contributed by atoms with Crippen molar-refractivity contribution in [3.05, 3.63) is 53.1 Å². The zero-order valence-electron chi connectivity index (χ0n) is 16.5. The molecule has 1 aliphatic heterocycles. The van der Waals surface area contributed by atoms with Gasteiger partial charge in [0.25, 0.3) is 0 Å². The zero-order chi connectivity index (χ0) is 23.7. The van der Waals surface area contributed by atoms with Crippen molar-refractivity contribution in [2.75, 3.05) is 25.0 Å². The van der Waals surface area contributed by atoms with E-state index < -0.39 is 53.4 Å². The van der Waals surface area contributed by atoms with Gasteiger partial charge in [0, 0.05) is 49.4 Å². The number of alkyl halides is 4. The summed E-state index contributed by atoms with van der Waals surface area (Å²) in [6.07, 6.45) is -5.61. The van der Waals surface area contributed by atoms with E-state index in [1.165, 1.54) is 4.90 Å². The van der Waals surface area contributed by atoms with Crippen molar-refractivity contribution in [2.24, 2.45) is 0 Å². The quantitative estimate of drug-likeness (QED) is 0.522. The Morgan fingerprint density at radius 2 is 1.91 bits per heavy atom. The van der Waals surface area contributed by atoms with Gasteiger partial charge in [0.15, 0.2) is 5.67 Å². The van der Waals surface area contributed by atoms with Crippen molar-refractivity contribution in [1.29, 1.82) is 0 Å². The number of benzene rings is 1. The molecule has 0 radical (unpaired) electrons. The van der Waals surface area contributed by atoms with E-state index in [-0.39, 0.29) is 37.2 Å². The highest BCUT2D eigenvalue weighted by molar-refractivity contribution is 5.89. The first-order chi connectivity index (χ1) is 14.9. The minimum absolute atomic E-state index is 0.00559. The van der Waals surface area contributed by atoms with Gasteiger partial charge in [-0.1, -0.05) is 0 Å². The summed E-state index contributed by atoms with van der Waals surface area (Å²) >= 11 is 0. The largest absolute Gasteiger partial charge is 0.507 e. The molecule has 3 rings (SSSR count). The fourth-order valence-electron chi connectivity index (χ4n) is 3.42. The smallest absolute Gasteiger partial charge is 0.419 e. The Balaban J connectivity index is 1.65. The number of aliphatic hydroxyl groups is 2. The molecule has 0 saturated carbocycles. The van der Waals surface area contributed by atoms with E-state index in [4.69, 9.17) is 5.11 Å². The number of nitrogens with zero attached hydrogens (tertiary/aromatic N) is 2. The number of piperidine rings is 1. The van der Waals surface area contributed by atoms with Crippen molar-refractivity contribution in [3.63, 3.8) is 0 Å². The molecule has 2 amide bonds. The van der Waals surface area contributed by atoms with Crippen molar-refractivity contribution in [1.82, 2.24) is 9.88 Å². The maximum absolute atomic E-state index is 15.3. The minimum Gasteiger partial charge on any atom is -0.507 e. The molecule has 1 fully saturated rings. The number of pyridine rings is 1. The lowest BCUT2D eigenvalue weighted by atomic mass is 9.89. The summed E-state index contributed by atoms with van der Waals surface area (Å²) in [5.41, 5.74) is -3.98. The third-order valence-electron chi connectivity index (χ3n) is 5.24. The summed E-state index contributed by atoms with van der Waals surface area (Å²) in [7, 11) is 0. The minimum atomic E-state index is -4.75. The number of nitrogens with one attached hydrogen (secondary N) is 1. The Labute approximate surface area is 179 Å². The Hall–Kier alpha value is -2.99. The molecule has 0 unspecified atom stereocenters. The van der Waals surface area contributed by atoms with E-state index >= 15 is 4.39 Å². The van der Waals surface area contributed by atoms with E-state index in [1.54, 1.807) is 0 Å². The monoisotopic (exact) mass is 461 g/mol. The van der Waals surface area contributed by atoms with Crippen molar-refractivity contribution in [3.8, 4) is 5.75 Å². The van der Waals surface area contributed by atoms with Crippen LogP contribution in [0.3, 0.4) is 0 Å². The second-order valence-corrected chi connectivity index (χ2v) is 7.41. The fourth-order valence-corrected chi connectivity index (χ4v) is 3.42. The Morgan fingerprint density at radius 3 is 2.44 bits per heavy atom. The Kier molecular flexibility index (Phi) is 6.56. The highest BCUT2D eigenvalue weighted by atomic mass is 19.4. The SMILES string of the molecule is O=C(Nc1ccc(C(F)(F)F)c(O)c1)N1CCC(F)(c2ncc([C@H](O)CO)cc2F)CC1. The molecule has 0 bridgehead atoms. The molecule has 1 aromatic heterocycles. The van der Waals surface area contributed by atoms with E-state index in [2.05, 4.69) is 10.3 Å². The highest BCUT2D eigenvalue weighted by Gasteiger charge is 2.41. The average molecular weight is 461 g/mol. The molecule has 1 saturated heterocycles. The maximum Gasteiger partial charge on any atom is 0.419 e. The van der Waals surface area contributed by atoms with Gasteiger partial charge in [0.05, 0.1) is 12.2 Å². The van der Waals surface area contributed by atoms with Crippen LogP contribution < -0.4 is 5.32 Å². The van der Waals surface area contributed by atoms with Crippen LogP contribution in [0.4, 0.5) is 32.4 Å². The first-order valence-corrected chi connectivity index (χ1v) is 9.54. The molecule has 4 N–H and O–H groups in total. The van der Waals surface area contributed by atoms with Gasteiger partial charge >= 0.3 is 12.2 Å². The summed E-state index contributed by atoms with van der Waals surface area (Å²) in [5.74, 6) is -2.04. The number of amides is 2. The van der Waals surface area contributed by atoms with Crippen LogP contribution >= 0.6 is 0 Å². The molecular formula is C20H20F5N3O4. The molecule has 32 heavy (non-hydrogen) atoms. The first-order valence-electron chi connectivity index (χ1n) is 9.54. The van der Waals surface area contributed by atoms with Gasteiger partial charge in [0.2, 0.25) is 0 Å². The van der Waals surface area contributed by atoms with E-state index in [0.29, 0.717) is 6.07 Å². The maximum atomic E-state index is 15.3. The highest BCUT2D eigenvalue weighted by Crippen LogP contribution is 2.39. The first kappa shape index (κ1) is 23.7. The number of phenols is 1. The lowest BCUT2D eigenvalue weighted by molar-refractivity contribution is -0.138. The van der Waals surface area contributed by atoms with Gasteiger partial charge in [-0.05, 0) is 18.2 Å². The summed E-state index contributed by atoms with van der Waals surface area (Å²) in [6, 6.07) is 2.53. The third-order valence-corrected chi connectivity index (χ3v) is 5.24. The van der Waals surface area contributed by atoms with Gasteiger partial charge in [0.1, 0.15) is 23.4 Å². The lowest BCUT2D eigenvalue weighted by Gasteiger charge is -2.36. The second kappa shape index (κ2) is 8.87. The number of likely N-dealkylation sites (tertiary alicyclic amines) is 1. The molecule has 7 nitrogen and oxygen atoms in total. The number of hydrogen-bond acceptors (Lipinski definition) is 5. The summed E-state index contributed by atoms with van der Waals surface area (Å²) in [6.45, 7) is -0.907. The van der Waals surface area contributed by atoms with Gasteiger partial charge in [-0.3, -0.25) is 4.98 Å². The van der Waals surface area contributed by atoms with Gasteiger partial charge < -0.3 is 25.5 Å². The molecule has 12 heteroatoms. The number of aromatic hydroxyl groups is 1. The molecule has 0 spiro atoms. The van der Waals surface area contributed by atoms with Crippen molar-refractivity contribution in [2.45, 2.75) is 30.8 Å². The van der Waals surface area contributed by atoms with Gasteiger partial charge in [-0.2, -0.15) is 13.2 Å². The van der Waals surface area contributed by atoms with Crippen LogP contribution in [-0.2, 0) is 11.8 Å². The van der Waals surface area contributed by atoms with Gasteiger partial charge in [-0.25, -0.2) is 13.6 Å². The number of aromatic nitrogens is 1. The number of phenolic OH excluding ortho intramolecular Hbond substituents is 1. The molecule has 1 aromatic carbocycles. The molecular weight excluding hydrogens is 441 g/mol. The molecule has 0 aliphatic carbocycles. The third kappa shape index (κ3) is 4.91. The number of rotatable bonds is 4. The number of carbonyl (C=O) groups excluding carboxylic acids is 1.